The first-order valence-electron chi connectivity index (χ1n) is 9.39. The number of para-hydroxylation sites is 1. The summed E-state index contributed by atoms with van der Waals surface area (Å²) in [6, 6.07) is 25.2. The maximum atomic E-state index is 13.2. The minimum atomic E-state index is -0.0610. The van der Waals surface area contributed by atoms with Gasteiger partial charge in [0.2, 0.25) is 5.78 Å². The first-order chi connectivity index (χ1) is 14.2. The number of aromatic nitrogens is 4. The maximum absolute atomic E-state index is 13.2. The Bertz CT molecular complexity index is 1390. The van der Waals surface area contributed by atoms with E-state index in [9.17, 15) is 4.79 Å². The molecular weight excluding hydrogens is 384 g/mol. The lowest BCUT2D eigenvalue weighted by atomic mass is 10.1. The van der Waals surface area contributed by atoms with Crippen molar-refractivity contribution in [2.24, 2.45) is 0 Å². The zero-order chi connectivity index (χ0) is 19.8. The van der Waals surface area contributed by atoms with Crippen molar-refractivity contribution in [3.8, 4) is 11.4 Å². The van der Waals surface area contributed by atoms with E-state index < -0.39 is 0 Å². The van der Waals surface area contributed by atoms with Crippen LogP contribution in [0, 0.1) is 0 Å². The fourth-order valence-electron chi connectivity index (χ4n) is 3.66. The Hall–Kier alpha value is -3.44. The molecule has 0 atom stereocenters. The van der Waals surface area contributed by atoms with E-state index in [1.807, 2.05) is 71.1 Å². The van der Waals surface area contributed by atoms with Crippen LogP contribution in [0.15, 0.2) is 83.7 Å². The molecule has 0 saturated carbocycles. The van der Waals surface area contributed by atoms with E-state index in [0.717, 1.165) is 17.5 Å². The summed E-state index contributed by atoms with van der Waals surface area (Å²) in [5, 5.41) is 10.1. The van der Waals surface area contributed by atoms with Crippen LogP contribution in [0.1, 0.15) is 5.56 Å². The molecule has 29 heavy (non-hydrogen) atoms. The standard InChI is InChI=1S/C23H17ClN4O/c24-18-10-6-9-17(15-18)21-25-26-23-27(14-13-16-7-2-1-3-8-16)22(29)19-11-4-5-12-20(19)28(21)23/h1-12,15H,13-14H2. The molecule has 3 aromatic carbocycles. The lowest BCUT2D eigenvalue weighted by Gasteiger charge is -2.11. The Labute approximate surface area is 171 Å². The van der Waals surface area contributed by atoms with Gasteiger partial charge in [-0.05, 0) is 36.2 Å². The van der Waals surface area contributed by atoms with Crippen molar-refractivity contribution < 1.29 is 0 Å². The summed E-state index contributed by atoms with van der Waals surface area (Å²) in [7, 11) is 0. The molecule has 5 nitrogen and oxygen atoms in total. The lowest BCUT2D eigenvalue weighted by Crippen LogP contribution is -2.24. The van der Waals surface area contributed by atoms with Gasteiger partial charge in [-0.1, -0.05) is 66.2 Å². The molecular formula is C23H17ClN4O. The molecule has 0 spiro atoms. The van der Waals surface area contributed by atoms with Gasteiger partial charge in [0.15, 0.2) is 5.82 Å². The number of benzene rings is 3. The van der Waals surface area contributed by atoms with Crippen LogP contribution in [-0.4, -0.2) is 19.2 Å². The van der Waals surface area contributed by atoms with Crippen LogP contribution in [0.3, 0.4) is 0 Å². The van der Waals surface area contributed by atoms with Gasteiger partial charge < -0.3 is 0 Å². The summed E-state index contributed by atoms with van der Waals surface area (Å²) < 4.78 is 3.64. The minimum absolute atomic E-state index is 0.0610. The average molecular weight is 401 g/mol. The Morgan fingerprint density at radius 2 is 1.66 bits per heavy atom. The van der Waals surface area contributed by atoms with Gasteiger partial charge in [0.1, 0.15) is 0 Å². The van der Waals surface area contributed by atoms with Crippen molar-refractivity contribution in [2.45, 2.75) is 13.0 Å². The van der Waals surface area contributed by atoms with Crippen LogP contribution in [0.5, 0.6) is 0 Å². The zero-order valence-corrected chi connectivity index (χ0v) is 16.3. The Morgan fingerprint density at radius 3 is 2.48 bits per heavy atom. The first kappa shape index (κ1) is 17.6. The smallest absolute Gasteiger partial charge is 0.262 e. The number of rotatable bonds is 4. The Kier molecular flexibility index (Phi) is 4.37. The quantitative estimate of drug-likeness (QED) is 0.442. The fraction of sp³-hybridized carbons (Fsp3) is 0.0870. The molecule has 0 amide bonds. The summed E-state index contributed by atoms with van der Waals surface area (Å²) in [5.74, 6) is 1.19. The molecule has 0 saturated heterocycles. The normalized spacial score (nSPS) is 11.3. The number of fused-ring (bicyclic) bond motifs is 3. The summed E-state index contributed by atoms with van der Waals surface area (Å²) in [6.07, 6.45) is 0.730. The highest BCUT2D eigenvalue weighted by atomic mass is 35.5. The van der Waals surface area contributed by atoms with E-state index in [1.54, 1.807) is 4.57 Å². The van der Waals surface area contributed by atoms with Crippen LogP contribution >= 0.6 is 11.6 Å². The second-order valence-corrected chi connectivity index (χ2v) is 7.32. The monoisotopic (exact) mass is 400 g/mol. The molecule has 0 radical (unpaired) electrons. The van der Waals surface area contributed by atoms with Gasteiger partial charge in [0, 0.05) is 17.1 Å². The molecule has 5 rings (SSSR count). The molecule has 0 aliphatic carbocycles. The molecule has 6 heteroatoms. The molecule has 2 heterocycles. The fourth-order valence-corrected chi connectivity index (χ4v) is 3.85. The topological polar surface area (TPSA) is 52.2 Å². The van der Waals surface area contributed by atoms with E-state index in [4.69, 9.17) is 11.6 Å². The third-order valence-electron chi connectivity index (χ3n) is 5.06. The number of hydrogen-bond donors (Lipinski definition) is 0. The lowest BCUT2D eigenvalue weighted by molar-refractivity contribution is 0.678. The van der Waals surface area contributed by atoms with E-state index in [0.29, 0.717) is 28.6 Å². The molecule has 0 bridgehead atoms. The van der Waals surface area contributed by atoms with Crippen molar-refractivity contribution in [1.29, 1.82) is 0 Å². The van der Waals surface area contributed by atoms with Crippen LogP contribution in [0.4, 0.5) is 0 Å². The number of halogens is 1. The van der Waals surface area contributed by atoms with Crippen molar-refractivity contribution in [3.05, 3.63) is 99.8 Å². The third kappa shape index (κ3) is 3.09. The average Bonchev–Trinajstić information content (AvgIpc) is 3.20. The highest BCUT2D eigenvalue weighted by Crippen LogP contribution is 2.24. The SMILES string of the molecule is O=c1c2ccccc2n2c(-c3cccc(Cl)c3)nnc2n1CCc1ccccc1. The van der Waals surface area contributed by atoms with Gasteiger partial charge in [-0.3, -0.25) is 13.8 Å². The van der Waals surface area contributed by atoms with Crippen molar-refractivity contribution in [1.82, 2.24) is 19.2 Å². The van der Waals surface area contributed by atoms with Crippen LogP contribution < -0.4 is 5.56 Å². The molecule has 142 valence electrons. The third-order valence-corrected chi connectivity index (χ3v) is 5.29. The first-order valence-corrected chi connectivity index (χ1v) is 9.77. The predicted molar refractivity (Wildman–Crippen MR) is 115 cm³/mol. The number of aryl methyl sites for hydroxylation is 2. The highest BCUT2D eigenvalue weighted by molar-refractivity contribution is 6.30. The van der Waals surface area contributed by atoms with Gasteiger partial charge in [0.05, 0.1) is 10.9 Å². The molecule has 5 aromatic rings. The van der Waals surface area contributed by atoms with Gasteiger partial charge in [-0.15, -0.1) is 10.2 Å². The minimum Gasteiger partial charge on any atom is -0.276 e. The van der Waals surface area contributed by atoms with Crippen molar-refractivity contribution in [3.63, 3.8) is 0 Å². The number of hydrogen-bond acceptors (Lipinski definition) is 3. The van der Waals surface area contributed by atoms with Crippen LogP contribution in [0.2, 0.25) is 5.02 Å². The predicted octanol–water partition coefficient (Wildman–Crippen LogP) is 4.61. The molecule has 2 aromatic heterocycles. The van der Waals surface area contributed by atoms with Crippen molar-refractivity contribution in [2.75, 3.05) is 0 Å². The van der Waals surface area contributed by atoms with E-state index in [1.165, 1.54) is 5.56 Å². The summed E-state index contributed by atoms with van der Waals surface area (Å²) in [4.78, 5) is 13.2. The van der Waals surface area contributed by atoms with Gasteiger partial charge in [-0.25, -0.2) is 0 Å². The molecule has 0 unspecified atom stereocenters. The molecule has 0 fully saturated rings. The van der Waals surface area contributed by atoms with Crippen molar-refractivity contribution >= 4 is 28.3 Å². The molecule has 0 aliphatic rings. The molecule has 0 N–H and O–H groups in total. The van der Waals surface area contributed by atoms with Gasteiger partial charge in [-0.2, -0.15) is 0 Å². The molecule has 0 aliphatic heterocycles. The second kappa shape index (κ2) is 7.18. The Balaban J connectivity index is 1.75. The Morgan fingerprint density at radius 1 is 0.862 bits per heavy atom. The van der Waals surface area contributed by atoms with Crippen LogP contribution in [0.25, 0.3) is 28.1 Å². The van der Waals surface area contributed by atoms with E-state index in [-0.39, 0.29) is 5.56 Å². The largest absolute Gasteiger partial charge is 0.276 e. The summed E-state index contributed by atoms with van der Waals surface area (Å²) in [5.41, 5.74) is 2.74. The summed E-state index contributed by atoms with van der Waals surface area (Å²) >= 11 is 6.19. The summed E-state index contributed by atoms with van der Waals surface area (Å²) in [6.45, 7) is 0.519. The van der Waals surface area contributed by atoms with Gasteiger partial charge >= 0.3 is 0 Å². The number of nitrogens with zero attached hydrogens (tertiary/aromatic N) is 4. The second-order valence-electron chi connectivity index (χ2n) is 6.88. The van der Waals surface area contributed by atoms with Crippen LogP contribution in [-0.2, 0) is 13.0 Å². The van der Waals surface area contributed by atoms with E-state index in [2.05, 4.69) is 22.3 Å². The highest BCUT2D eigenvalue weighted by Gasteiger charge is 2.17. The van der Waals surface area contributed by atoms with E-state index >= 15 is 0 Å². The maximum Gasteiger partial charge on any atom is 0.262 e. The zero-order valence-electron chi connectivity index (χ0n) is 15.5. The van der Waals surface area contributed by atoms with Gasteiger partial charge in [0.25, 0.3) is 5.56 Å².